The van der Waals surface area contributed by atoms with E-state index in [0.29, 0.717) is 6.07 Å². The second-order valence-electron chi connectivity index (χ2n) is 5.27. The van der Waals surface area contributed by atoms with Gasteiger partial charge in [-0.25, -0.2) is 13.2 Å². The molecule has 22 heavy (non-hydrogen) atoms. The standard InChI is InChI=1S/C17H16F3NO/c1-11-3-5-12(6-4-11)7-16(22)21(2)10-13-8-14(18)9-15(19)17(13)20/h3-6,8-9H,7,10H2,1-2H3. The second-order valence-corrected chi connectivity index (χ2v) is 5.27. The number of nitrogens with zero attached hydrogens (tertiary/aromatic N) is 1. The van der Waals surface area contributed by atoms with Crippen molar-refractivity contribution in [3.63, 3.8) is 0 Å². The minimum Gasteiger partial charge on any atom is -0.341 e. The maximum Gasteiger partial charge on any atom is 0.227 e. The van der Waals surface area contributed by atoms with Gasteiger partial charge in [-0.1, -0.05) is 29.8 Å². The highest BCUT2D eigenvalue weighted by Crippen LogP contribution is 2.16. The summed E-state index contributed by atoms with van der Waals surface area (Å²) in [4.78, 5) is 13.3. The molecule has 0 N–H and O–H groups in total. The molecule has 2 aromatic rings. The van der Waals surface area contributed by atoms with Crippen molar-refractivity contribution in [2.24, 2.45) is 0 Å². The van der Waals surface area contributed by atoms with Crippen LogP contribution in [0.2, 0.25) is 0 Å². The Balaban J connectivity index is 2.07. The fourth-order valence-corrected chi connectivity index (χ4v) is 2.08. The molecule has 2 rings (SSSR count). The van der Waals surface area contributed by atoms with Crippen LogP contribution < -0.4 is 0 Å². The lowest BCUT2D eigenvalue weighted by Crippen LogP contribution is -2.28. The topological polar surface area (TPSA) is 20.3 Å². The Bertz CT molecular complexity index is 683. The monoisotopic (exact) mass is 307 g/mol. The highest BCUT2D eigenvalue weighted by atomic mass is 19.2. The van der Waals surface area contributed by atoms with Gasteiger partial charge in [0.2, 0.25) is 5.91 Å². The molecule has 0 aromatic heterocycles. The van der Waals surface area contributed by atoms with E-state index in [1.54, 1.807) is 0 Å². The molecule has 0 aliphatic heterocycles. The van der Waals surface area contributed by atoms with Gasteiger partial charge in [-0.15, -0.1) is 0 Å². The SMILES string of the molecule is Cc1ccc(CC(=O)N(C)Cc2cc(F)cc(F)c2F)cc1. The molecule has 0 unspecified atom stereocenters. The molecule has 5 heteroatoms. The molecule has 2 aromatic carbocycles. The van der Waals surface area contributed by atoms with E-state index in [-0.39, 0.29) is 24.4 Å². The third-order valence-corrected chi connectivity index (χ3v) is 3.38. The molecule has 2 nitrogen and oxygen atoms in total. The third kappa shape index (κ3) is 3.87. The average Bonchev–Trinajstić information content (AvgIpc) is 2.46. The highest BCUT2D eigenvalue weighted by Gasteiger charge is 2.16. The lowest BCUT2D eigenvalue weighted by molar-refractivity contribution is -0.129. The molecule has 0 spiro atoms. The van der Waals surface area contributed by atoms with Crippen LogP contribution >= 0.6 is 0 Å². The molecule has 0 aliphatic carbocycles. The van der Waals surface area contributed by atoms with Crippen molar-refractivity contribution in [3.8, 4) is 0 Å². The van der Waals surface area contributed by atoms with Gasteiger partial charge in [0.15, 0.2) is 11.6 Å². The van der Waals surface area contributed by atoms with E-state index < -0.39 is 17.5 Å². The van der Waals surface area contributed by atoms with Crippen LogP contribution in [-0.2, 0) is 17.8 Å². The first-order chi connectivity index (χ1) is 10.4. The summed E-state index contributed by atoms with van der Waals surface area (Å²) in [7, 11) is 1.47. The van der Waals surface area contributed by atoms with E-state index in [1.165, 1.54) is 11.9 Å². The van der Waals surface area contributed by atoms with Crippen LogP contribution in [0.15, 0.2) is 36.4 Å². The predicted molar refractivity (Wildman–Crippen MR) is 77.7 cm³/mol. The van der Waals surface area contributed by atoms with Gasteiger partial charge in [-0.3, -0.25) is 4.79 Å². The zero-order chi connectivity index (χ0) is 16.3. The Hall–Kier alpha value is -2.30. The number of carbonyl (C=O) groups excluding carboxylic acids is 1. The van der Waals surface area contributed by atoms with E-state index in [9.17, 15) is 18.0 Å². The van der Waals surface area contributed by atoms with Gasteiger partial charge in [0.25, 0.3) is 0 Å². The fourth-order valence-electron chi connectivity index (χ4n) is 2.08. The summed E-state index contributed by atoms with van der Waals surface area (Å²) in [6.07, 6.45) is 0.149. The largest absolute Gasteiger partial charge is 0.341 e. The van der Waals surface area contributed by atoms with E-state index in [1.807, 2.05) is 31.2 Å². The molecule has 0 saturated carbocycles. The van der Waals surface area contributed by atoms with E-state index in [0.717, 1.165) is 17.2 Å². The summed E-state index contributed by atoms with van der Waals surface area (Å²) >= 11 is 0. The smallest absolute Gasteiger partial charge is 0.227 e. The number of hydrogen-bond acceptors (Lipinski definition) is 1. The minimum atomic E-state index is -1.26. The zero-order valence-corrected chi connectivity index (χ0v) is 12.4. The molecule has 0 bridgehead atoms. The van der Waals surface area contributed by atoms with E-state index >= 15 is 0 Å². The van der Waals surface area contributed by atoms with Gasteiger partial charge in [0, 0.05) is 25.2 Å². The van der Waals surface area contributed by atoms with Crippen LogP contribution in [0.25, 0.3) is 0 Å². The second kappa shape index (κ2) is 6.64. The van der Waals surface area contributed by atoms with Crippen LogP contribution in [0, 0.1) is 24.4 Å². The number of halogens is 3. The van der Waals surface area contributed by atoms with Crippen molar-refractivity contribution < 1.29 is 18.0 Å². The number of benzene rings is 2. The van der Waals surface area contributed by atoms with Crippen LogP contribution in [-0.4, -0.2) is 17.9 Å². The van der Waals surface area contributed by atoms with Gasteiger partial charge in [0.1, 0.15) is 5.82 Å². The summed E-state index contributed by atoms with van der Waals surface area (Å²) in [5.41, 5.74) is 1.73. The van der Waals surface area contributed by atoms with Crippen LogP contribution in [0.4, 0.5) is 13.2 Å². The molecule has 0 saturated heterocycles. The van der Waals surface area contributed by atoms with Crippen molar-refractivity contribution in [2.45, 2.75) is 19.9 Å². The Morgan fingerprint density at radius 2 is 1.73 bits per heavy atom. The number of rotatable bonds is 4. The maximum absolute atomic E-state index is 13.6. The van der Waals surface area contributed by atoms with E-state index in [4.69, 9.17) is 0 Å². The summed E-state index contributed by atoms with van der Waals surface area (Å²) in [5, 5.41) is 0. The van der Waals surface area contributed by atoms with Gasteiger partial charge in [0.05, 0.1) is 6.42 Å². The Morgan fingerprint density at radius 3 is 2.36 bits per heavy atom. The molecule has 0 fully saturated rings. The Kier molecular flexibility index (Phi) is 4.85. The third-order valence-electron chi connectivity index (χ3n) is 3.38. The molecule has 0 atom stereocenters. The maximum atomic E-state index is 13.6. The molecule has 0 heterocycles. The summed E-state index contributed by atoms with van der Waals surface area (Å²) < 4.78 is 39.9. The van der Waals surface area contributed by atoms with Crippen molar-refractivity contribution in [1.82, 2.24) is 4.90 Å². The summed E-state index contributed by atoms with van der Waals surface area (Å²) in [6, 6.07) is 8.84. The highest BCUT2D eigenvalue weighted by molar-refractivity contribution is 5.78. The number of hydrogen-bond donors (Lipinski definition) is 0. The number of likely N-dealkylation sites (N-methyl/N-ethyl adjacent to an activating group) is 1. The normalized spacial score (nSPS) is 10.6. The van der Waals surface area contributed by atoms with Gasteiger partial charge in [-0.05, 0) is 18.6 Å². The first kappa shape index (κ1) is 16.1. The first-order valence-electron chi connectivity index (χ1n) is 6.79. The zero-order valence-electron chi connectivity index (χ0n) is 12.4. The molecule has 116 valence electrons. The quantitative estimate of drug-likeness (QED) is 0.790. The lowest BCUT2D eigenvalue weighted by atomic mass is 10.1. The molecule has 0 aliphatic rings. The van der Waals surface area contributed by atoms with E-state index in [2.05, 4.69) is 0 Å². The molecular formula is C17H16F3NO. The molecule has 0 radical (unpaired) electrons. The predicted octanol–water partition coefficient (Wildman–Crippen LogP) is 3.61. The lowest BCUT2D eigenvalue weighted by Gasteiger charge is -2.18. The Morgan fingerprint density at radius 1 is 1.09 bits per heavy atom. The van der Waals surface area contributed by atoms with Crippen LogP contribution in [0.1, 0.15) is 16.7 Å². The summed E-state index contributed by atoms with van der Waals surface area (Å²) in [5.74, 6) is -3.51. The number of aryl methyl sites for hydroxylation is 1. The average molecular weight is 307 g/mol. The van der Waals surface area contributed by atoms with Crippen molar-refractivity contribution in [3.05, 3.63) is 70.5 Å². The number of carbonyl (C=O) groups is 1. The van der Waals surface area contributed by atoms with Crippen LogP contribution in [0.5, 0.6) is 0 Å². The number of amides is 1. The summed E-state index contributed by atoms with van der Waals surface area (Å²) in [6.45, 7) is 1.75. The van der Waals surface area contributed by atoms with Crippen LogP contribution in [0.3, 0.4) is 0 Å². The van der Waals surface area contributed by atoms with Crippen molar-refractivity contribution in [2.75, 3.05) is 7.05 Å². The fraction of sp³-hybridized carbons (Fsp3) is 0.235. The van der Waals surface area contributed by atoms with Gasteiger partial charge < -0.3 is 4.90 Å². The van der Waals surface area contributed by atoms with Gasteiger partial charge >= 0.3 is 0 Å². The molecular weight excluding hydrogens is 291 g/mol. The minimum absolute atomic E-state index is 0.149. The molecule has 1 amide bonds. The van der Waals surface area contributed by atoms with Crippen molar-refractivity contribution >= 4 is 5.91 Å². The first-order valence-corrected chi connectivity index (χ1v) is 6.79. The van der Waals surface area contributed by atoms with Gasteiger partial charge in [-0.2, -0.15) is 0 Å². The van der Waals surface area contributed by atoms with Crippen molar-refractivity contribution in [1.29, 1.82) is 0 Å². The Labute approximate surface area is 127 Å².